The number of nitrogens with one attached hydrogen (secondary N) is 1. The fraction of sp³-hybridized carbons (Fsp3) is 0.556. The smallest absolute Gasteiger partial charge is 0.272 e. The molecular weight excluding hydrogens is 182 g/mol. The van der Waals surface area contributed by atoms with Crippen molar-refractivity contribution in [1.82, 2.24) is 15.1 Å². The molecule has 1 aromatic rings. The highest BCUT2D eigenvalue weighted by molar-refractivity contribution is 5.92. The van der Waals surface area contributed by atoms with E-state index >= 15 is 0 Å². The van der Waals surface area contributed by atoms with Crippen molar-refractivity contribution in [2.45, 2.75) is 19.9 Å². The topological polar surface area (TPSA) is 67.2 Å². The summed E-state index contributed by atoms with van der Waals surface area (Å²) in [6.07, 6.45) is 0. The van der Waals surface area contributed by atoms with Crippen molar-refractivity contribution < 1.29 is 9.90 Å². The molecule has 0 saturated heterocycles. The predicted octanol–water partition coefficient (Wildman–Crippen LogP) is -0.161. The Morgan fingerprint density at radius 1 is 1.79 bits per heavy atom. The number of aryl methyl sites for hydroxylation is 2. The lowest BCUT2D eigenvalue weighted by Gasteiger charge is -2.08. The average Bonchev–Trinajstić information content (AvgIpc) is 2.47. The first-order valence-corrected chi connectivity index (χ1v) is 4.47. The molecule has 14 heavy (non-hydrogen) atoms. The van der Waals surface area contributed by atoms with Gasteiger partial charge in [0.1, 0.15) is 5.69 Å². The van der Waals surface area contributed by atoms with Crippen molar-refractivity contribution >= 4 is 5.91 Å². The largest absolute Gasteiger partial charge is 0.394 e. The molecule has 0 saturated carbocycles. The normalized spacial score (nSPS) is 12.6. The molecule has 78 valence electrons. The number of rotatable bonds is 3. The molecule has 1 aromatic heterocycles. The van der Waals surface area contributed by atoms with Gasteiger partial charge in [-0.05, 0) is 19.9 Å². The summed E-state index contributed by atoms with van der Waals surface area (Å²) in [4.78, 5) is 11.5. The maximum absolute atomic E-state index is 11.5. The minimum Gasteiger partial charge on any atom is -0.394 e. The highest BCUT2D eigenvalue weighted by Gasteiger charge is 2.12. The van der Waals surface area contributed by atoms with Gasteiger partial charge in [0.15, 0.2) is 0 Å². The molecule has 2 N–H and O–H groups in total. The number of aromatic nitrogens is 2. The summed E-state index contributed by atoms with van der Waals surface area (Å²) in [5, 5.41) is 15.4. The van der Waals surface area contributed by atoms with E-state index in [9.17, 15) is 4.79 Å². The van der Waals surface area contributed by atoms with E-state index in [1.807, 2.05) is 6.92 Å². The molecule has 5 nitrogen and oxygen atoms in total. The van der Waals surface area contributed by atoms with Gasteiger partial charge in [-0.1, -0.05) is 0 Å². The summed E-state index contributed by atoms with van der Waals surface area (Å²) < 4.78 is 1.64. The monoisotopic (exact) mass is 197 g/mol. The maximum Gasteiger partial charge on any atom is 0.272 e. The van der Waals surface area contributed by atoms with Crippen LogP contribution in [0.1, 0.15) is 23.1 Å². The summed E-state index contributed by atoms with van der Waals surface area (Å²) in [6.45, 7) is 3.53. The summed E-state index contributed by atoms with van der Waals surface area (Å²) in [6, 6.07) is 1.46. The third-order valence-corrected chi connectivity index (χ3v) is 2.00. The van der Waals surface area contributed by atoms with Gasteiger partial charge >= 0.3 is 0 Å². The van der Waals surface area contributed by atoms with Gasteiger partial charge in [0.05, 0.1) is 6.61 Å². The Balaban J connectivity index is 2.70. The second-order valence-corrected chi connectivity index (χ2v) is 3.35. The molecular formula is C9H15N3O2. The van der Waals surface area contributed by atoms with Crippen molar-refractivity contribution in [2.24, 2.45) is 7.05 Å². The van der Waals surface area contributed by atoms with Gasteiger partial charge in [-0.25, -0.2) is 0 Å². The van der Waals surface area contributed by atoms with Crippen LogP contribution in [0.25, 0.3) is 0 Å². The van der Waals surface area contributed by atoms with Crippen molar-refractivity contribution in [3.05, 3.63) is 17.5 Å². The fourth-order valence-corrected chi connectivity index (χ4v) is 1.01. The van der Waals surface area contributed by atoms with Crippen LogP contribution in [0.15, 0.2) is 6.07 Å². The molecule has 0 aliphatic rings. The number of hydrogen-bond donors (Lipinski definition) is 2. The second kappa shape index (κ2) is 4.23. The van der Waals surface area contributed by atoms with E-state index in [-0.39, 0.29) is 18.6 Å². The molecule has 0 bridgehead atoms. The number of carbonyl (C=O) groups is 1. The van der Waals surface area contributed by atoms with E-state index in [1.54, 1.807) is 24.7 Å². The first-order valence-electron chi connectivity index (χ1n) is 4.47. The van der Waals surface area contributed by atoms with Crippen molar-refractivity contribution in [1.29, 1.82) is 0 Å². The minimum absolute atomic E-state index is 0.0719. The van der Waals surface area contributed by atoms with E-state index in [0.717, 1.165) is 5.69 Å². The van der Waals surface area contributed by atoms with Crippen molar-refractivity contribution in [3.8, 4) is 0 Å². The van der Waals surface area contributed by atoms with Gasteiger partial charge in [-0.3, -0.25) is 9.48 Å². The Hall–Kier alpha value is -1.36. The van der Waals surface area contributed by atoms with Crippen LogP contribution in [0, 0.1) is 6.92 Å². The first kappa shape index (κ1) is 10.7. The zero-order chi connectivity index (χ0) is 10.7. The van der Waals surface area contributed by atoms with Crippen LogP contribution < -0.4 is 5.32 Å². The Morgan fingerprint density at radius 2 is 2.43 bits per heavy atom. The van der Waals surface area contributed by atoms with Crippen LogP contribution in [-0.2, 0) is 7.05 Å². The highest BCUT2D eigenvalue weighted by Crippen LogP contribution is 2.01. The van der Waals surface area contributed by atoms with Crippen LogP contribution in [0.4, 0.5) is 0 Å². The predicted molar refractivity (Wildman–Crippen MR) is 52.0 cm³/mol. The second-order valence-electron chi connectivity index (χ2n) is 3.35. The molecule has 1 rings (SSSR count). The van der Waals surface area contributed by atoms with E-state index in [0.29, 0.717) is 5.69 Å². The van der Waals surface area contributed by atoms with Gasteiger partial charge in [0, 0.05) is 18.8 Å². The molecule has 1 atom stereocenters. The van der Waals surface area contributed by atoms with Gasteiger partial charge < -0.3 is 10.4 Å². The summed E-state index contributed by atoms with van der Waals surface area (Å²) in [7, 11) is 1.78. The summed E-state index contributed by atoms with van der Waals surface area (Å²) in [5.74, 6) is -0.254. The SMILES string of the molecule is Cc1cc(C(=O)N[C@@H](C)CO)nn1C. The quantitative estimate of drug-likeness (QED) is 0.707. The van der Waals surface area contributed by atoms with Gasteiger partial charge in [0.25, 0.3) is 5.91 Å². The molecule has 5 heteroatoms. The van der Waals surface area contributed by atoms with Crippen LogP contribution in [0.5, 0.6) is 0 Å². The Morgan fingerprint density at radius 3 is 2.86 bits per heavy atom. The number of hydrogen-bond acceptors (Lipinski definition) is 3. The van der Waals surface area contributed by atoms with Crippen LogP contribution in [-0.4, -0.2) is 33.4 Å². The standard InChI is InChI=1S/C9H15N3O2/c1-6(5-13)10-9(14)8-4-7(2)12(3)11-8/h4,6,13H,5H2,1-3H3,(H,10,14)/t6-/m0/s1. The van der Waals surface area contributed by atoms with E-state index in [4.69, 9.17) is 5.11 Å². The molecule has 0 aromatic carbocycles. The van der Waals surface area contributed by atoms with Gasteiger partial charge in [-0.15, -0.1) is 0 Å². The summed E-state index contributed by atoms with van der Waals surface area (Å²) >= 11 is 0. The lowest BCUT2D eigenvalue weighted by atomic mass is 10.3. The van der Waals surface area contributed by atoms with E-state index in [1.165, 1.54) is 0 Å². The zero-order valence-corrected chi connectivity index (χ0v) is 8.61. The Labute approximate surface area is 82.7 Å². The molecule has 0 aliphatic carbocycles. The molecule has 1 amide bonds. The number of carbonyl (C=O) groups excluding carboxylic acids is 1. The Bertz CT molecular complexity index is 313. The first-order chi connectivity index (χ1) is 6.54. The van der Waals surface area contributed by atoms with Crippen LogP contribution in [0.3, 0.4) is 0 Å². The summed E-state index contributed by atoms with van der Waals surface area (Å²) in [5.41, 5.74) is 1.30. The third kappa shape index (κ3) is 2.32. The molecule has 1 heterocycles. The number of amides is 1. The van der Waals surface area contributed by atoms with Gasteiger partial charge in [-0.2, -0.15) is 5.10 Å². The van der Waals surface area contributed by atoms with Crippen molar-refractivity contribution in [3.63, 3.8) is 0 Å². The lowest BCUT2D eigenvalue weighted by Crippen LogP contribution is -2.35. The number of aliphatic hydroxyl groups is 1. The zero-order valence-electron chi connectivity index (χ0n) is 8.61. The highest BCUT2D eigenvalue weighted by atomic mass is 16.3. The number of aliphatic hydroxyl groups excluding tert-OH is 1. The number of nitrogens with zero attached hydrogens (tertiary/aromatic N) is 2. The van der Waals surface area contributed by atoms with Gasteiger partial charge in [0.2, 0.25) is 0 Å². The molecule has 0 aliphatic heterocycles. The Kier molecular flexibility index (Phi) is 3.24. The van der Waals surface area contributed by atoms with Crippen molar-refractivity contribution in [2.75, 3.05) is 6.61 Å². The van der Waals surface area contributed by atoms with Crippen LogP contribution in [0.2, 0.25) is 0 Å². The average molecular weight is 197 g/mol. The molecule has 0 radical (unpaired) electrons. The molecule has 0 spiro atoms. The molecule has 0 fully saturated rings. The molecule has 0 unspecified atom stereocenters. The van der Waals surface area contributed by atoms with E-state index < -0.39 is 0 Å². The maximum atomic E-state index is 11.5. The fourth-order valence-electron chi connectivity index (χ4n) is 1.01. The van der Waals surface area contributed by atoms with Crippen LogP contribution >= 0.6 is 0 Å². The third-order valence-electron chi connectivity index (χ3n) is 2.00. The lowest BCUT2D eigenvalue weighted by molar-refractivity contribution is 0.0916. The van der Waals surface area contributed by atoms with E-state index in [2.05, 4.69) is 10.4 Å². The minimum atomic E-state index is -0.254.